The first-order valence-corrected chi connectivity index (χ1v) is 11.1. The van der Waals surface area contributed by atoms with E-state index in [-0.39, 0.29) is 0 Å². The largest absolute Gasteiger partial charge is 0.480 e. The van der Waals surface area contributed by atoms with E-state index in [1.807, 2.05) is 10.9 Å². The van der Waals surface area contributed by atoms with Gasteiger partial charge in [0.15, 0.2) is 0 Å². The van der Waals surface area contributed by atoms with Gasteiger partial charge >= 0.3 is 0 Å². The van der Waals surface area contributed by atoms with E-state index in [9.17, 15) is 5.26 Å². The summed E-state index contributed by atoms with van der Waals surface area (Å²) in [6.07, 6.45) is 9.63. The molecule has 5 heterocycles. The van der Waals surface area contributed by atoms with Gasteiger partial charge in [0.05, 0.1) is 49.8 Å². The number of hydrogen-bond donors (Lipinski definition) is 1. The van der Waals surface area contributed by atoms with E-state index in [1.165, 1.54) is 25.5 Å². The van der Waals surface area contributed by atoms with Gasteiger partial charge in [0, 0.05) is 30.3 Å². The van der Waals surface area contributed by atoms with Crippen LogP contribution in [0.1, 0.15) is 29.7 Å². The molecule has 1 saturated heterocycles. The average molecular weight is 434 g/mol. The quantitative estimate of drug-likeness (QED) is 0.657. The molecule has 5 rings (SSSR count). The van der Waals surface area contributed by atoms with Crippen molar-refractivity contribution >= 4 is 0 Å². The van der Waals surface area contributed by atoms with E-state index >= 15 is 0 Å². The highest BCUT2D eigenvalue weighted by atomic mass is 16.5. The first-order valence-electron chi connectivity index (χ1n) is 11.1. The molecule has 0 saturated carbocycles. The predicted octanol–water partition coefficient (Wildman–Crippen LogP) is 2.13. The number of fused-ring (bicyclic) bond motifs is 1. The Labute approximate surface area is 187 Å². The molecule has 9 nitrogen and oxygen atoms in total. The fourth-order valence-corrected chi connectivity index (χ4v) is 4.60. The van der Waals surface area contributed by atoms with Crippen molar-refractivity contribution in [2.45, 2.75) is 32.2 Å². The number of nitriles is 1. The van der Waals surface area contributed by atoms with Crippen LogP contribution in [0.3, 0.4) is 0 Å². The second-order valence-corrected chi connectivity index (χ2v) is 8.30. The molecule has 9 heteroatoms. The van der Waals surface area contributed by atoms with Gasteiger partial charge in [0.1, 0.15) is 11.6 Å². The van der Waals surface area contributed by atoms with Crippen LogP contribution >= 0.6 is 0 Å². The van der Waals surface area contributed by atoms with Gasteiger partial charge < -0.3 is 14.8 Å². The zero-order valence-corrected chi connectivity index (χ0v) is 18.3. The summed E-state index contributed by atoms with van der Waals surface area (Å²) < 4.78 is 14.9. The fraction of sp³-hybridized carbons (Fsp3) is 0.478. The second kappa shape index (κ2) is 9.10. The van der Waals surface area contributed by atoms with Crippen molar-refractivity contribution < 1.29 is 9.47 Å². The highest BCUT2D eigenvalue weighted by Crippen LogP contribution is 2.32. The summed E-state index contributed by atoms with van der Waals surface area (Å²) >= 11 is 0. The Hall–Kier alpha value is -3.22. The number of aromatic nitrogens is 5. The third kappa shape index (κ3) is 3.99. The Morgan fingerprint density at radius 2 is 2.09 bits per heavy atom. The Balaban J connectivity index is 1.56. The minimum absolute atomic E-state index is 0.315. The van der Waals surface area contributed by atoms with Crippen LogP contribution in [0.2, 0.25) is 0 Å². The molecule has 3 aromatic rings. The van der Waals surface area contributed by atoms with Crippen LogP contribution < -0.4 is 10.1 Å². The van der Waals surface area contributed by atoms with Crippen LogP contribution in [0.5, 0.6) is 5.88 Å². The third-order valence-electron chi connectivity index (χ3n) is 6.25. The lowest BCUT2D eigenvalue weighted by molar-refractivity contribution is 0.146. The summed E-state index contributed by atoms with van der Waals surface area (Å²) in [7, 11) is 1.52. The van der Waals surface area contributed by atoms with E-state index in [0.29, 0.717) is 30.6 Å². The van der Waals surface area contributed by atoms with Crippen molar-refractivity contribution in [1.82, 2.24) is 29.9 Å². The van der Waals surface area contributed by atoms with Gasteiger partial charge in [-0.05, 0) is 44.3 Å². The van der Waals surface area contributed by atoms with Crippen LogP contribution in [-0.4, -0.2) is 58.0 Å². The van der Waals surface area contributed by atoms with E-state index in [4.69, 9.17) is 14.6 Å². The maximum Gasteiger partial charge on any atom is 0.231 e. The van der Waals surface area contributed by atoms with Crippen molar-refractivity contribution in [2.24, 2.45) is 5.92 Å². The molecule has 1 fully saturated rings. The summed E-state index contributed by atoms with van der Waals surface area (Å²) in [4.78, 5) is 4.33. The molecule has 1 N–H and O–H groups in total. The maximum absolute atomic E-state index is 9.53. The third-order valence-corrected chi connectivity index (χ3v) is 6.25. The molecule has 2 aliphatic rings. The van der Waals surface area contributed by atoms with Gasteiger partial charge in [0.25, 0.3) is 0 Å². The lowest BCUT2D eigenvalue weighted by Gasteiger charge is -2.22. The van der Waals surface area contributed by atoms with Gasteiger partial charge in [-0.15, -0.1) is 0 Å². The lowest BCUT2D eigenvalue weighted by atomic mass is 9.98. The first-order chi connectivity index (χ1) is 15.8. The van der Waals surface area contributed by atoms with E-state index in [0.717, 1.165) is 55.1 Å². The van der Waals surface area contributed by atoms with Crippen LogP contribution in [0.25, 0.3) is 16.9 Å². The molecule has 0 bridgehead atoms. The molecule has 0 aliphatic carbocycles. The summed E-state index contributed by atoms with van der Waals surface area (Å²) in [6, 6.07) is 3.94. The molecule has 0 radical (unpaired) electrons. The van der Waals surface area contributed by atoms with Gasteiger partial charge in [-0.1, -0.05) is 0 Å². The molecule has 2 aliphatic heterocycles. The topological polar surface area (TPSA) is 103 Å². The minimum Gasteiger partial charge on any atom is -0.480 e. The van der Waals surface area contributed by atoms with E-state index < -0.39 is 0 Å². The standard InChI is InChI=1S/C23H27N7O2/c1-31-23-17(11-24)10-19(13-26-23)30-22(20-4-8-32-9-5-21(20)28-30)18-12-27-29(15-18)14-16-2-6-25-7-3-16/h10,12-13,15-16,25H,2-9,14H2,1H3. The summed E-state index contributed by atoms with van der Waals surface area (Å²) in [6.45, 7) is 4.39. The molecule has 0 amide bonds. The number of nitrogens with one attached hydrogen (secondary N) is 1. The minimum atomic E-state index is 0.315. The molecule has 3 aromatic heterocycles. The molecular weight excluding hydrogens is 406 g/mol. The molecular formula is C23H27N7O2. The molecule has 0 atom stereocenters. The maximum atomic E-state index is 9.53. The highest BCUT2D eigenvalue weighted by Gasteiger charge is 2.24. The molecule has 0 aromatic carbocycles. The number of ether oxygens (including phenoxy) is 2. The monoisotopic (exact) mass is 433 g/mol. The number of piperidine rings is 1. The van der Waals surface area contributed by atoms with Crippen molar-refractivity contribution in [3.8, 4) is 28.9 Å². The van der Waals surface area contributed by atoms with Crippen molar-refractivity contribution in [2.75, 3.05) is 33.4 Å². The van der Waals surface area contributed by atoms with E-state index in [2.05, 4.69) is 32.3 Å². The number of methoxy groups -OCH3 is 1. The first kappa shape index (κ1) is 20.7. The van der Waals surface area contributed by atoms with E-state index in [1.54, 1.807) is 12.3 Å². The fourth-order valence-electron chi connectivity index (χ4n) is 4.60. The Kier molecular flexibility index (Phi) is 5.88. The van der Waals surface area contributed by atoms with Gasteiger partial charge in [-0.2, -0.15) is 15.5 Å². The molecule has 0 spiro atoms. The van der Waals surface area contributed by atoms with Crippen molar-refractivity contribution in [1.29, 1.82) is 5.26 Å². The van der Waals surface area contributed by atoms with Crippen LogP contribution in [0, 0.1) is 17.2 Å². The zero-order valence-electron chi connectivity index (χ0n) is 18.3. The van der Waals surface area contributed by atoms with Gasteiger partial charge in [-0.3, -0.25) is 4.68 Å². The van der Waals surface area contributed by atoms with Gasteiger partial charge in [0.2, 0.25) is 5.88 Å². The summed E-state index contributed by atoms with van der Waals surface area (Å²) in [5, 5.41) is 22.5. The number of hydrogen-bond acceptors (Lipinski definition) is 7. The second-order valence-electron chi connectivity index (χ2n) is 8.30. The smallest absolute Gasteiger partial charge is 0.231 e. The normalized spacial score (nSPS) is 16.9. The highest BCUT2D eigenvalue weighted by molar-refractivity contribution is 5.66. The molecule has 0 unspecified atom stereocenters. The van der Waals surface area contributed by atoms with Gasteiger partial charge in [-0.25, -0.2) is 9.67 Å². The molecule has 32 heavy (non-hydrogen) atoms. The summed E-state index contributed by atoms with van der Waals surface area (Å²) in [5.74, 6) is 0.957. The molecule has 166 valence electrons. The Morgan fingerprint density at radius 3 is 2.91 bits per heavy atom. The lowest BCUT2D eigenvalue weighted by Crippen LogP contribution is -2.29. The van der Waals surface area contributed by atoms with Crippen molar-refractivity contribution in [3.63, 3.8) is 0 Å². The summed E-state index contributed by atoms with van der Waals surface area (Å²) in [5.41, 5.74) is 5.34. The van der Waals surface area contributed by atoms with Crippen molar-refractivity contribution in [3.05, 3.63) is 41.5 Å². The zero-order chi connectivity index (χ0) is 21.9. The van der Waals surface area contributed by atoms with Crippen LogP contribution in [0.15, 0.2) is 24.7 Å². The number of rotatable bonds is 5. The Bertz CT molecular complexity index is 1140. The predicted molar refractivity (Wildman–Crippen MR) is 118 cm³/mol. The number of nitrogens with zero attached hydrogens (tertiary/aromatic N) is 6. The van der Waals surface area contributed by atoms with Crippen LogP contribution in [0.4, 0.5) is 0 Å². The SMILES string of the molecule is COc1ncc(-n2nc3c(c2-c2cnn(CC4CCNCC4)c2)CCOCC3)cc1C#N. The number of pyridine rings is 1. The average Bonchev–Trinajstić information content (AvgIpc) is 3.36. The Morgan fingerprint density at radius 1 is 1.25 bits per heavy atom. The van der Waals surface area contributed by atoms with Crippen LogP contribution in [-0.2, 0) is 24.1 Å².